The zero-order valence-corrected chi connectivity index (χ0v) is 17.6. The largest absolute Gasteiger partial charge is 0.452 e. The number of sulfonamides is 1. The van der Waals surface area contributed by atoms with Crippen molar-refractivity contribution >= 4 is 39.2 Å². The monoisotopic (exact) mass is 478 g/mol. The number of rotatable bonds is 8. The third kappa shape index (κ3) is 7.23. The Labute approximate surface area is 181 Å². The summed E-state index contributed by atoms with van der Waals surface area (Å²) in [6.45, 7) is 0.860. The molecule has 1 amide bonds. The lowest BCUT2D eigenvalue weighted by atomic mass is 10.1. The van der Waals surface area contributed by atoms with Crippen LogP contribution >= 0.6 is 11.6 Å². The Kier molecular flexibility index (Phi) is 8.04. The maximum atomic E-state index is 13.0. The van der Waals surface area contributed by atoms with Crippen molar-refractivity contribution in [3.63, 3.8) is 0 Å². The summed E-state index contributed by atoms with van der Waals surface area (Å²) < 4.78 is 70.3. The highest BCUT2D eigenvalue weighted by molar-refractivity contribution is 7.89. The summed E-state index contributed by atoms with van der Waals surface area (Å²) in [6.07, 6.45) is -6.49. The van der Waals surface area contributed by atoms with E-state index in [4.69, 9.17) is 16.3 Å². The van der Waals surface area contributed by atoms with Gasteiger partial charge in [-0.1, -0.05) is 29.8 Å². The Bertz CT molecular complexity index is 1060. The first-order valence-corrected chi connectivity index (χ1v) is 10.7. The fraction of sp³-hybridized carbons (Fsp3) is 0.263. The summed E-state index contributed by atoms with van der Waals surface area (Å²) in [4.78, 5) is 23.9. The molecule has 1 unspecified atom stereocenters. The van der Waals surface area contributed by atoms with E-state index in [1.165, 1.54) is 43.3 Å². The number of halogens is 4. The number of alkyl halides is 3. The van der Waals surface area contributed by atoms with Crippen LogP contribution in [0.2, 0.25) is 5.02 Å². The predicted octanol–water partition coefficient (Wildman–Crippen LogP) is 3.60. The summed E-state index contributed by atoms with van der Waals surface area (Å²) >= 11 is 5.75. The molecule has 0 spiro atoms. The SMILES string of the molecule is CC(OC(=O)CCNS(=O)(=O)c1cccc(Cl)c1)C(=O)Nc1ccccc1C(F)(F)F. The first-order valence-electron chi connectivity index (χ1n) is 8.82. The molecular formula is C19H18ClF3N2O5S. The van der Waals surface area contributed by atoms with Crippen molar-refractivity contribution in [2.75, 3.05) is 11.9 Å². The molecule has 0 fully saturated rings. The summed E-state index contributed by atoms with van der Waals surface area (Å²) in [5, 5.41) is 2.29. The first kappa shape index (κ1) is 24.6. The van der Waals surface area contributed by atoms with Crippen molar-refractivity contribution < 1.29 is 35.9 Å². The molecule has 0 heterocycles. The highest BCUT2D eigenvalue weighted by atomic mass is 35.5. The summed E-state index contributed by atoms with van der Waals surface area (Å²) in [5.74, 6) is -1.88. The second-order valence-electron chi connectivity index (χ2n) is 6.27. The van der Waals surface area contributed by atoms with Gasteiger partial charge in [-0.25, -0.2) is 13.1 Å². The third-order valence-corrected chi connectivity index (χ3v) is 5.59. The van der Waals surface area contributed by atoms with Crippen LogP contribution < -0.4 is 10.0 Å². The smallest absolute Gasteiger partial charge is 0.418 e. The summed E-state index contributed by atoms with van der Waals surface area (Å²) in [5.41, 5.74) is -1.52. The zero-order valence-electron chi connectivity index (χ0n) is 16.1. The van der Waals surface area contributed by atoms with Gasteiger partial charge in [0.1, 0.15) is 0 Å². The molecule has 12 heteroatoms. The molecule has 0 saturated heterocycles. The van der Waals surface area contributed by atoms with Crippen LogP contribution in [-0.2, 0) is 30.5 Å². The van der Waals surface area contributed by atoms with E-state index in [1.54, 1.807) is 0 Å². The predicted molar refractivity (Wildman–Crippen MR) is 107 cm³/mol. The minimum atomic E-state index is -4.68. The van der Waals surface area contributed by atoms with Gasteiger partial charge < -0.3 is 10.1 Å². The Morgan fingerprint density at radius 3 is 2.45 bits per heavy atom. The van der Waals surface area contributed by atoms with Gasteiger partial charge in [0.05, 0.1) is 22.6 Å². The van der Waals surface area contributed by atoms with E-state index in [0.29, 0.717) is 0 Å². The number of hydrogen-bond acceptors (Lipinski definition) is 5. The van der Waals surface area contributed by atoms with Gasteiger partial charge in [-0.2, -0.15) is 13.2 Å². The topological polar surface area (TPSA) is 102 Å². The van der Waals surface area contributed by atoms with Crippen LogP contribution in [0.15, 0.2) is 53.4 Å². The van der Waals surface area contributed by atoms with Crippen LogP contribution in [0.25, 0.3) is 0 Å². The zero-order chi connectivity index (χ0) is 23.2. The molecule has 0 saturated carbocycles. The number of para-hydroxylation sites is 1. The van der Waals surface area contributed by atoms with Crippen molar-refractivity contribution in [3.05, 3.63) is 59.1 Å². The maximum Gasteiger partial charge on any atom is 0.418 e. The van der Waals surface area contributed by atoms with Gasteiger partial charge in [0.25, 0.3) is 5.91 Å². The van der Waals surface area contributed by atoms with Crippen molar-refractivity contribution in [2.45, 2.75) is 30.5 Å². The standard InChI is InChI=1S/C19H18ClF3N2O5S/c1-12(18(27)25-16-8-3-2-7-15(16)19(21,22)23)30-17(26)9-10-24-31(28,29)14-6-4-5-13(20)11-14/h2-8,11-12,24H,9-10H2,1H3,(H,25,27). The number of esters is 1. The van der Waals surface area contributed by atoms with Crippen LogP contribution in [0, 0.1) is 0 Å². The lowest BCUT2D eigenvalue weighted by molar-refractivity contribution is -0.153. The van der Waals surface area contributed by atoms with Crippen molar-refractivity contribution in [2.24, 2.45) is 0 Å². The molecule has 0 aromatic heterocycles. The molecule has 0 radical (unpaired) electrons. The minimum Gasteiger partial charge on any atom is -0.452 e. The quantitative estimate of drug-likeness (QED) is 0.564. The first-order chi connectivity index (χ1) is 14.4. The summed E-state index contributed by atoms with van der Waals surface area (Å²) in [7, 11) is -3.91. The number of anilines is 1. The number of amides is 1. The number of nitrogens with one attached hydrogen (secondary N) is 2. The van der Waals surface area contributed by atoms with Crippen molar-refractivity contribution in [3.8, 4) is 0 Å². The Hall–Kier alpha value is -2.63. The molecule has 168 valence electrons. The molecule has 1 atom stereocenters. The van der Waals surface area contributed by atoms with Gasteiger partial charge >= 0.3 is 12.1 Å². The normalized spacial score (nSPS) is 12.8. The molecule has 31 heavy (non-hydrogen) atoms. The number of hydrogen-bond donors (Lipinski definition) is 2. The fourth-order valence-electron chi connectivity index (χ4n) is 2.39. The average molecular weight is 479 g/mol. The van der Waals surface area contributed by atoms with E-state index >= 15 is 0 Å². The number of benzene rings is 2. The van der Waals surface area contributed by atoms with Crippen molar-refractivity contribution in [1.82, 2.24) is 4.72 Å². The van der Waals surface area contributed by atoms with E-state index in [0.717, 1.165) is 12.1 Å². The Morgan fingerprint density at radius 2 is 1.81 bits per heavy atom. The van der Waals surface area contributed by atoms with Crippen LogP contribution in [0.1, 0.15) is 18.9 Å². The van der Waals surface area contributed by atoms with Gasteiger partial charge in [0, 0.05) is 11.6 Å². The van der Waals surface area contributed by atoms with Crippen LogP contribution in [-0.4, -0.2) is 32.9 Å². The molecule has 2 aromatic carbocycles. The summed E-state index contributed by atoms with van der Waals surface area (Å²) in [6, 6.07) is 9.85. The minimum absolute atomic E-state index is 0.0931. The van der Waals surface area contributed by atoms with E-state index in [2.05, 4.69) is 10.0 Å². The van der Waals surface area contributed by atoms with Gasteiger partial charge in [-0.15, -0.1) is 0 Å². The second-order valence-corrected chi connectivity index (χ2v) is 8.47. The van der Waals surface area contributed by atoms with E-state index in [-0.39, 0.29) is 16.5 Å². The molecule has 0 aliphatic carbocycles. The number of carbonyl (C=O) groups excluding carboxylic acids is 2. The Morgan fingerprint density at radius 1 is 1.13 bits per heavy atom. The molecule has 2 N–H and O–H groups in total. The lowest BCUT2D eigenvalue weighted by Gasteiger charge is -2.17. The van der Waals surface area contributed by atoms with Gasteiger partial charge in [-0.3, -0.25) is 9.59 Å². The molecule has 0 bridgehead atoms. The van der Waals surface area contributed by atoms with Gasteiger partial charge in [0.15, 0.2) is 6.10 Å². The van der Waals surface area contributed by atoms with Crippen LogP contribution in [0.5, 0.6) is 0 Å². The molecule has 2 rings (SSSR count). The van der Waals surface area contributed by atoms with Crippen LogP contribution in [0.4, 0.5) is 18.9 Å². The van der Waals surface area contributed by atoms with Gasteiger partial charge in [0.2, 0.25) is 10.0 Å². The van der Waals surface area contributed by atoms with Crippen molar-refractivity contribution in [1.29, 1.82) is 0 Å². The van der Waals surface area contributed by atoms with E-state index in [9.17, 15) is 31.2 Å². The maximum absolute atomic E-state index is 13.0. The molecule has 0 aliphatic rings. The number of carbonyl (C=O) groups is 2. The highest BCUT2D eigenvalue weighted by Crippen LogP contribution is 2.34. The third-order valence-electron chi connectivity index (χ3n) is 3.90. The fourth-order valence-corrected chi connectivity index (χ4v) is 3.72. The van der Waals surface area contributed by atoms with Gasteiger partial charge in [-0.05, 0) is 37.3 Å². The number of ether oxygens (including phenoxy) is 1. The molecule has 2 aromatic rings. The molecule has 7 nitrogen and oxygen atoms in total. The Balaban J connectivity index is 1.88. The average Bonchev–Trinajstić information content (AvgIpc) is 2.67. The lowest BCUT2D eigenvalue weighted by Crippen LogP contribution is -2.32. The second kappa shape index (κ2) is 10.1. The molecular weight excluding hydrogens is 461 g/mol. The molecule has 0 aliphatic heterocycles. The van der Waals surface area contributed by atoms with E-state index in [1.807, 2.05) is 0 Å². The highest BCUT2D eigenvalue weighted by Gasteiger charge is 2.34. The van der Waals surface area contributed by atoms with Crippen LogP contribution in [0.3, 0.4) is 0 Å². The van der Waals surface area contributed by atoms with E-state index < -0.39 is 51.9 Å².